The Morgan fingerprint density at radius 1 is 1.12 bits per heavy atom. The van der Waals surface area contributed by atoms with E-state index in [0.717, 1.165) is 24.5 Å². The highest BCUT2D eigenvalue weighted by atomic mass is 35.5. The Hall–Kier alpha value is -3.16. The van der Waals surface area contributed by atoms with Crippen molar-refractivity contribution in [1.29, 1.82) is 0 Å². The molecular weight excluding hydrogens is 456 g/mol. The fraction of sp³-hybridized carbons (Fsp3) is 0.240. The number of hydrogen-bond acceptors (Lipinski definition) is 5. The molecule has 0 spiro atoms. The van der Waals surface area contributed by atoms with E-state index in [4.69, 9.17) is 11.6 Å². The van der Waals surface area contributed by atoms with E-state index in [1.54, 1.807) is 17.0 Å². The van der Waals surface area contributed by atoms with Gasteiger partial charge in [0.15, 0.2) is 5.13 Å². The number of halogens is 1. The van der Waals surface area contributed by atoms with Crippen molar-refractivity contribution < 1.29 is 9.59 Å². The number of piperidine rings is 1. The van der Waals surface area contributed by atoms with Gasteiger partial charge in [0.1, 0.15) is 0 Å². The molecule has 1 aromatic heterocycles. The monoisotopic (exact) mass is 480 g/mol. The fourth-order valence-corrected chi connectivity index (χ4v) is 4.94. The van der Waals surface area contributed by atoms with Gasteiger partial charge in [0.2, 0.25) is 11.8 Å². The van der Waals surface area contributed by atoms with Crippen molar-refractivity contribution in [2.75, 3.05) is 28.2 Å². The first-order chi connectivity index (χ1) is 16.0. The van der Waals surface area contributed by atoms with E-state index >= 15 is 0 Å². The minimum absolute atomic E-state index is 0.131. The van der Waals surface area contributed by atoms with Gasteiger partial charge in [-0.25, -0.2) is 4.98 Å². The third kappa shape index (κ3) is 5.80. The summed E-state index contributed by atoms with van der Waals surface area (Å²) in [5.74, 6) is -0.411. The van der Waals surface area contributed by atoms with E-state index in [-0.39, 0.29) is 11.8 Å². The highest BCUT2D eigenvalue weighted by molar-refractivity contribution is 7.14. The molecule has 0 aliphatic carbocycles. The van der Waals surface area contributed by atoms with Crippen LogP contribution in [0.4, 0.5) is 22.2 Å². The highest BCUT2D eigenvalue weighted by Gasteiger charge is 2.17. The largest absolute Gasteiger partial charge is 0.370 e. The molecule has 6 nitrogen and oxygen atoms in total. The number of carbonyl (C=O) groups is 2. The van der Waals surface area contributed by atoms with Gasteiger partial charge < -0.3 is 10.2 Å². The zero-order chi connectivity index (χ0) is 23.2. The van der Waals surface area contributed by atoms with Crippen molar-refractivity contribution in [2.45, 2.75) is 26.2 Å². The van der Waals surface area contributed by atoms with Gasteiger partial charge in [-0.05, 0) is 55.7 Å². The number of nitrogens with zero attached hydrogens (tertiary/aromatic N) is 3. The summed E-state index contributed by atoms with van der Waals surface area (Å²) in [6, 6.07) is 15.0. The zero-order valence-electron chi connectivity index (χ0n) is 18.3. The molecule has 2 amide bonds. The molecule has 3 aromatic rings. The normalized spacial score (nSPS) is 13.8. The van der Waals surface area contributed by atoms with E-state index in [0.29, 0.717) is 21.5 Å². The van der Waals surface area contributed by atoms with Crippen LogP contribution in [0.25, 0.3) is 6.08 Å². The molecule has 1 aliphatic heterocycles. The number of aromatic nitrogens is 1. The van der Waals surface area contributed by atoms with Crippen LogP contribution in [-0.4, -0.2) is 29.9 Å². The van der Waals surface area contributed by atoms with E-state index < -0.39 is 0 Å². The van der Waals surface area contributed by atoms with Crippen LogP contribution < -0.4 is 15.1 Å². The van der Waals surface area contributed by atoms with Crippen molar-refractivity contribution >= 4 is 63.0 Å². The first-order valence-electron chi connectivity index (χ1n) is 10.9. The number of amides is 2. The van der Waals surface area contributed by atoms with Crippen LogP contribution >= 0.6 is 22.9 Å². The van der Waals surface area contributed by atoms with E-state index in [1.165, 1.54) is 43.6 Å². The summed E-state index contributed by atoms with van der Waals surface area (Å²) < 4.78 is 0. The molecule has 0 saturated carbocycles. The number of nitrogens with one attached hydrogen (secondary N) is 1. The fourth-order valence-electron chi connectivity index (χ4n) is 3.78. The second-order valence-electron chi connectivity index (χ2n) is 7.78. The van der Waals surface area contributed by atoms with Crippen LogP contribution in [0, 0.1) is 0 Å². The lowest BCUT2D eigenvalue weighted by molar-refractivity contribution is -0.116. The third-order valence-electron chi connectivity index (χ3n) is 5.35. The van der Waals surface area contributed by atoms with Crippen molar-refractivity contribution in [1.82, 2.24) is 4.98 Å². The topological polar surface area (TPSA) is 65.5 Å². The Balaban J connectivity index is 1.40. The predicted octanol–water partition coefficient (Wildman–Crippen LogP) is 6.12. The lowest BCUT2D eigenvalue weighted by Crippen LogP contribution is -2.29. The molecule has 1 fully saturated rings. The maximum Gasteiger partial charge on any atom is 0.248 e. The molecule has 0 bridgehead atoms. The maximum atomic E-state index is 12.4. The quantitative estimate of drug-likeness (QED) is 0.431. The number of hydrogen-bond donors (Lipinski definition) is 1. The molecule has 33 heavy (non-hydrogen) atoms. The van der Waals surface area contributed by atoms with Crippen LogP contribution in [0.2, 0.25) is 5.02 Å². The smallest absolute Gasteiger partial charge is 0.248 e. The van der Waals surface area contributed by atoms with Crippen molar-refractivity contribution in [3.8, 4) is 0 Å². The van der Waals surface area contributed by atoms with Gasteiger partial charge in [0.25, 0.3) is 0 Å². The molecule has 1 saturated heterocycles. The van der Waals surface area contributed by atoms with E-state index in [1.807, 2.05) is 47.8 Å². The standard InChI is InChI=1S/C25H25ClN4O2S/c1-18(31)30(21-8-4-2-5-9-21)25-28-20(17-33-25)11-13-24(32)27-19-10-12-23(22(26)16-19)29-14-6-3-7-15-29/h2,4-5,8-13,16-17H,3,6-7,14-15H2,1H3,(H,27,32). The summed E-state index contributed by atoms with van der Waals surface area (Å²) in [5, 5.41) is 5.83. The lowest BCUT2D eigenvalue weighted by atomic mass is 10.1. The van der Waals surface area contributed by atoms with Gasteiger partial charge in [-0.15, -0.1) is 11.3 Å². The molecule has 0 unspecified atom stereocenters. The molecule has 4 rings (SSSR count). The number of para-hydroxylation sites is 1. The number of benzene rings is 2. The van der Waals surface area contributed by atoms with Crippen LogP contribution in [0.1, 0.15) is 31.9 Å². The van der Waals surface area contributed by atoms with Gasteiger partial charge in [0.05, 0.1) is 22.1 Å². The van der Waals surface area contributed by atoms with Crippen LogP contribution in [0.3, 0.4) is 0 Å². The number of thiazole rings is 1. The summed E-state index contributed by atoms with van der Waals surface area (Å²) in [5.41, 5.74) is 3.00. The Morgan fingerprint density at radius 2 is 1.88 bits per heavy atom. The first kappa shape index (κ1) is 23.0. The summed E-state index contributed by atoms with van der Waals surface area (Å²) in [6.45, 7) is 3.52. The highest BCUT2D eigenvalue weighted by Crippen LogP contribution is 2.31. The van der Waals surface area contributed by atoms with Gasteiger partial charge in [-0.1, -0.05) is 29.8 Å². The lowest BCUT2D eigenvalue weighted by Gasteiger charge is -2.29. The minimum Gasteiger partial charge on any atom is -0.370 e. The Bertz CT molecular complexity index is 1160. The second-order valence-corrected chi connectivity index (χ2v) is 9.03. The van der Waals surface area contributed by atoms with Crippen molar-refractivity contribution in [3.63, 3.8) is 0 Å². The molecule has 2 heterocycles. The molecule has 0 atom stereocenters. The Kier molecular flexibility index (Phi) is 7.42. The molecule has 8 heteroatoms. The number of carbonyl (C=O) groups excluding carboxylic acids is 2. The van der Waals surface area contributed by atoms with Gasteiger partial charge in [-0.2, -0.15) is 0 Å². The molecule has 2 aromatic carbocycles. The Morgan fingerprint density at radius 3 is 2.58 bits per heavy atom. The number of anilines is 4. The van der Waals surface area contributed by atoms with Crippen molar-refractivity contribution in [2.24, 2.45) is 0 Å². The molecular formula is C25H25ClN4O2S. The average molecular weight is 481 g/mol. The van der Waals surface area contributed by atoms with Crippen LogP contribution in [-0.2, 0) is 9.59 Å². The SMILES string of the molecule is CC(=O)N(c1ccccc1)c1nc(C=CC(=O)Nc2ccc(N3CCCCC3)c(Cl)c2)cs1. The summed E-state index contributed by atoms with van der Waals surface area (Å²) in [7, 11) is 0. The third-order valence-corrected chi connectivity index (χ3v) is 6.49. The Labute approximate surface area is 202 Å². The van der Waals surface area contributed by atoms with Gasteiger partial charge in [0, 0.05) is 37.2 Å². The van der Waals surface area contributed by atoms with Gasteiger partial charge >= 0.3 is 0 Å². The number of rotatable bonds is 6. The molecule has 1 N–H and O–H groups in total. The van der Waals surface area contributed by atoms with Crippen LogP contribution in [0.5, 0.6) is 0 Å². The first-order valence-corrected chi connectivity index (χ1v) is 12.1. The summed E-state index contributed by atoms with van der Waals surface area (Å²) in [6.07, 6.45) is 6.66. The second kappa shape index (κ2) is 10.6. The molecule has 1 aliphatic rings. The minimum atomic E-state index is -0.280. The zero-order valence-corrected chi connectivity index (χ0v) is 19.9. The van der Waals surface area contributed by atoms with Gasteiger partial charge in [-0.3, -0.25) is 14.5 Å². The van der Waals surface area contributed by atoms with E-state index in [2.05, 4.69) is 15.2 Å². The molecule has 0 radical (unpaired) electrons. The maximum absolute atomic E-state index is 12.4. The predicted molar refractivity (Wildman–Crippen MR) is 137 cm³/mol. The summed E-state index contributed by atoms with van der Waals surface area (Å²) >= 11 is 7.82. The molecule has 170 valence electrons. The van der Waals surface area contributed by atoms with E-state index in [9.17, 15) is 9.59 Å². The van der Waals surface area contributed by atoms with Crippen molar-refractivity contribution in [3.05, 3.63) is 70.7 Å². The summed E-state index contributed by atoms with van der Waals surface area (Å²) in [4.78, 5) is 32.9. The average Bonchev–Trinajstić information content (AvgIpc) is 3.27. The van der Waals surface area contributed by atoms with Crippen LogP contribution in [0.15, 0.2) is 60.0 Å².